The van der Waals surface area contributed by atoms with Crippen LogP contribution in [-0.4, -0.2) is 36.8 Å². The van der Waals surface area contributed by atoms with Crippen LogP contribution in [0.25, 0.3) is 0 Å². The monoisotopic (exact) mass is 420 g/mol. The summed E-state index contributed by atoms with van der Waals surface area (Å²) in [4.78, 5) is 12.3. The van der Waals surface area contributed by atoms with Crippen molar-refractivity contribution < 1.29 is 17.9 Å². The number of amides is 1. The molecule has 0 fully saturated rings. The fraction of sp³-hybridized carbons (Fsp3) is 0.500. The van der Waals surface area contributed by atoms with Crippen LogP contribution in [0.3, 0.4) is 0 Å². The largest absolute Gasteiger partial charge is 0.478 e. The van der Waals surface area contributed by atoms with E-state index < -0.39 is 16.1 Å². The topological polar surface area (TPSA) is 102 Å². The van der Waals surface area contributed by atoms with Gasteiger partial charge in [0.15, 0.2) is 6.10 Å². The maximum absolute atomic E-state index is 12.6. The Morgan fingerprint density at radius 3 is 2.72 bits per heavy atom. The van der Waals surface area contributed by atoms with E-state index in [1.807, 2.05) is 24.6 Å². The van der Waals surface area contributed by atoms with Crippen LogP contribution in [0.15, 0.2) is 29.2 Å². The highest BCUT2D eigenvalue weighted by atomic mass is 32.2. The first-order valence-electron chi connectivity index (χ1n) is 9.92. The molecule has 1 aromatic carbocycles. The third-order valence-corrected chi connectivity index (χ3v) is 6.30. The predicted octanol–water partition coefficient (Wildman–Crippen LogP) is 2.76. The van der Waals surface area contributed by atoms with Crippen LogP contribution < -0.4 is 14.8 Å². The van der Waals surface area contributed by atoms with Gasteiger partial charge in [0.05, 0.1) is 16.3 Å². The van der Waals surface area contributed by atoms with Gasteiger partial charge in [0.1, 0.15) is 5.75 Å². The molecule has 1 unspecified atom stereocenters. The molecule has 3 rings (SSSR count). The highest BCUT2D eigenvalue weighted by Crippen LogP contribution is 2.32. The maximum Gasteiger partial charge on any atom is 0.265 e. The average Bonchev–Trinajstić information content (AvgIpc) is 3.00. The van der Waals surface area contributed by atoms with E-state index in [1.54, 1.807) is 6.07 Å². The molecule has 158 valence electrons. The fourth-order valence-corrected chi connectivity index (χ4v) is 4.40. The first kappa shape index (κ1) is 21.3. The number of aryl methyl sites for hydroxylation is 3. The van der Waals surface area contributed by atoms with E-state index in [0.717, 1.165) is 24.2 Å². The lowest BCUT2D eigenvalue weighted by atomic mass is 10.1. The molecule has 0 bridgehead atoms. The number of carbonyl (C=O) groups is 1. The second-order valence-corrected chi connectivity index (χ2v) is 9.06. The zero-order chi connectivity index (χ0) is 21.0. The molecule has 2 heterocycles. The second kappa shape index (κ2) is 8.96. The van der Waals surface area contributed by atoms with Crippen molar-refractivity contribution in [3.05, 3.63) is 35.7 Å². The van der Waals surface area contributed by atoms with Gasteiger partial charge >= 0.3 is 0 Å². The maximum atomic E-state index is 12.6. The third kappa shape index (κ3) is 5.16. The van der Waals surface area contributed by atoms with Crippen molar-refractivity contribution in [2.45, 2.75) is 64.0 Å². The normalized spacial score (nSPS) is 16.2. The van der Waals surface area contributed by atoms with Gasteiger partial charge in [0.25, 0.3) is 5.91 Å². The molecule has 8 nitrogen and oxygen atoms in total. The quantitative estimate of drug-likeness (QED) is 0.607. The number of hydrogen-bond acceptors (Lipinski definition) is 5. The van der Waals surface area contributed by atoms with E-state index >= 15 is 0 Å². The molecule has 1 aromatic heterocycles. The van der Waals surface area contributed by atoms with E-state index in [4.69, 9.17) is 4.74 Å². The van der Waals surface area contributed by atoms with Crippen molar-refractivity contribution in [1.29, 1.82) is 0 Å². The fourth-order valence-electron chi connectivity index (χ4n) is 3.30. The summed E-state index contributed by atoms with van der Waals surface area (Å²) in [5.41, 5.74) is 2.37. The molecular weight excluding hydrogens is 392 g/mol. The molecule has 0 radical (unpaired) electrons. The van der Waals surface area contributed by atoms with Crippen molar-refractivity contribution in [3.63, 3.8) is 0 Å². The van der Waals surface area contributed by atoms with Crippen LogP contribution in [0.1, 0.15) is 44.0 Å². The Balaban J connectivity index is 1.60. The number of hydrogen-bond donors (Lipinski definition) is 2. The molecule has 29 heavy (non-hydrogen) atoms. The zero-order valence-electron chi connectivity index (χ0n) is 17.1. The van der Waals surface area contributed by atoms with Gasteiger partial charge in [-0.15, -0.1) is 0 Å². The number of nitrogens with one attached hydrogen (secondary N) is 2. The Hall–Kier alpha value is -2.39. The minimum Gasteiger partial charge on any atom is -0.478 e. The van der Waals surface area contributed by atoms with Crippen LogP contribution in [0.4, 0.5) is 5.69 Å². The number of benzene rings is 1. The van der Waals surface area contributed by atoms with Crippen LogP contribution in [-0.2, 0) is 21.4 Å². The van der Waals surface area contributed by atoms with Gasteiger partial charge < -0.3 is 10.1 Å². The molecule has 0 aliphatic carbocycles. The molecule has 1 amide bonds. The second-order valence-electron chi connectivity index (χ2n) is 7.30. The van der Waals surface area contributed by atoms with Crippen molar-refractivity contribution in [2.24, 2.45) is 0 Å². The van der Waals surface area contributed by atoms with Crippen LogP contribution in [0.5, 0.6) is 5.75 Å². The molecule has 2 aromatic rings. The molecular formula is C20H28N4O4S. The summed E-state index contributed by atoms with van der Waals surface area (Å²) in [6.07, 6.45) is 2.59. The number of unbranched alkanes of at least 4 members (excludes halogenated alkanes) is 1. The molecule has 0 spiro atoms. The standard InChI is InChI=1S/C20H28N4O4S/c1-4-5-7-19-20(25)22-17-13-16(8-9-18(17)28-19)29(26,27)21-10-6-11-24-15(3)12-14(2)23-24/h8-9,12-13,19,21H,4-7,10-11H2,1-3H3,(H,22,25). The van der Waals surface area contributed by atoms with Crippen molar-refractivity contribution in [1.82, 2.24) is 14.5 Å². The van der Waals surface area contributed by atoms with Gasteiger partial charge in [-0.05, 0) is 57.4 Å². The molecule has 0 saturated carbocycles. The van der Waals surface area contributed by atoms with Gasteiger partial charge in [-0.25, -0.2) is 13.1 Å². The van der Waals surface area contributed by atoms with Gasteiger partial charge in [-0.1, -0.05) is 13.3 Å². The molecule has 1 aliphatic heterocycles. The molecule has 2 N–H and O–H groups in total. The van der Waals surface area contributed by atoms with Crippen molar-refractivity contribution in [2.75, 3.05) is 11.9 Å². The average molecular weight is 421 g/mol. The molecule has 9 heteroatoms. The Kier molecular flexibility index (Phi) is 6.59. The highest BCUT2D eigenvalue weighted by molar-refractivity contribution is 7.89. The minimum absolute atomic E-state index is 0.0956. The molecule has 0 saturated heterocycles. The van der Waals surface area contributed by atoms with E-state index in [0.29, 0.717) is 37.4 Å². The lowest BCUT2D eigenvalue weighted by Crippen LogP contribution is -2.37. The van der Waals surface area contributed by atoms with Gasteiger partial charge in [-0.3, -0.25) is 9.48 Å². The molecule has 1 aliphatic rings. The van der Waals surface area contributed by atoms with Crippen LogP contribution >= 0.6 is 0 Å². The third-order valence-electron chi connectivity index (χ3n) is 4.84. The zero-order valence-corrected chi connectivity index (χ0v) is 17.9. The summed E-state index contributed by atoms with van der Waals surface area (Å²) >= 11 is 0. The first-order valence-corrected chi connectivity index (χ1v) is 11.4. The number of sulfonamides is 1. The van der Waals surface area contributed by atoms with Crippen LogP contribution in [0.2, 0.25) is 0 Å². The Labute approximate surface area is 171 Å². The van der Waals surface area contributed by atoms with Gasteiger partial charge in [-0.2, -0.15) is 5.10 Å². The number of nitrogens with zero attached hydrogens (tertiary/aromatic N) is 2. The van der Waals surface area contributed by atoms with E-state index in [1.165, 1.54) is 12.1 Å². The van der Waals surface area contributed by atoms with E-state index in [-0.39, 0.29) is 10.8 Å². The predicted molar refractivity (Wildman–Crippen MR) is 111 cm³/mol. The van der Waals surface area contributed by atoms with Crippen LogP contribution in [0, 0.1) is 13.8 Å². The van der Waals surface area contributed by atoms with E-state index in [2.05, 4.69) is 22.1 Å². The summed E-state index contributed by atoms with van der Waals surface area (Å²) in [5, 5.41) is 7.13. The highest BCUT2D eigenvalue weighted by Gasteiger charge is 2.28. The van der Waals surface area contributed by atoms with Gasteiger partial charge in [0, 0.05) is 18.8 Å². The first-order chi connectivity index (χ1) is 13.8. The SMILES string of the molecule is CCCCC1Oc2ccc(S(=O)(=O)NCCCn3nc(C)cc3C)cc2NC1=O. The minimum atomic E-state index is -3.68. The number of rotatable bonds is 9. The lowest BCUT2D eigenvalue weighted by molar-refractivity contribution is -0.123. The summed E-state index contributed by atoms with van der Waals surface area (Å²) < 4.78 is 35.4. The van der Waals surface area contributed by atoms with Gasteiger partial charge in [0.2, 0.25) is 10.0 Å². The Morgan fingerprint density at radius 1 is 1.24 bits per heavy atom. The smallest absolute Gasteiger partial charge is 0.265 e. The van der Waals surface area contributed by atoms with E-state index in [9.17, 15) is 13.2 Å². The number of anilines is 1. The lowest BCUT2D eigenvalue weighted by Gasteiger charge is -2.26. The Bertz CT molecular complexity index is 984. The molecule has 1 atom stereocenters. The number of ether oxygens (including phenoxy) is 1. The summed E-state index contributed by atoms with van der Waals surface area (Å²) in [6, 6.07) is 6.52. The Morgan fingerprint density at radius 2 is 2.03 bits per heavy atom. The number of carbonyl (C=O) groups excluding carboxylic acids is 1. The summed E-state index contributed by atoms with van der Waals surface area (Å²) in [7, 11) is -3.68. The summed E-state index contributed by atoms with van der Waals surface area (Å²) in [6.45, 7) is 6.88. The number of aromatic nitrogens is 2. The van der Waals surface area contributed by atoms with Crippen molar-refractivity contribution >= 4 is 21.6 Å². The van der Waals surface area contributed by atoms with Crippen molar-refractivity contribution in [3.8, 4) is 5.75 Å². The summed E-state index contributed by atoms with van der Waals surface area (Å²) in [5.74, 6) is 0.257. The number of fused-ring (bicyclic) bond motifs is 1.